The first kappa shape index (κ1) is 7.77. The van der Waals surface area contributed by atoms with E-state index in [9.17, 15) is 0 Å². The lowest BCUT2D eigenvalue weighted by molar-refractivity contribution is 0.347. The summed E-state index contributed by atoms with van der Waals surface area (Å²) in [6, 6.07) is 2.23. The summed E-state index contributed by atoms with van der Waals surface area (Å²) in [5.74, 6) is 0.886. The summed E-state index contributed by atoms with van der Waals surface area (Å²) in [6.07, 6.45) is 1.25. The first-order chi connectivity index (χ1) is 5.34. The SMILES string of the molecule is Brc1cc(CC2CNC2)cs1. The molecule has 1 nitrogen and oxygen atoms in total. The molecule has 1 N–H and O–H groups in total. The van der Waals surface area contributed by atoms with Crippen molar-refractivity contribution >= 4 is 27.3 Å². The Labute approximate surface area is 78.9 Å². The molecule has 1 aliphatic heterocycles. The summed E-state index contributed by atoms with van der Waals surface area (Å²) < 4.78 is 1.25. The number of thiophene rings is 1. The van der Waals surface area contributed by atoms with Crippen LogP contribution in [0.15, 0.2) is 15.2 Å². The van der Waals surface area contributed by atoms with Crippen molar-refractivity contribution in [2.45, 2.75) is 6.42 Å². The molecule has 1 saturated heterocycles. The summed E-state index contributed by atoms with van der Waals surface area (Å²) >= 11 is 5.24. The first-order valence-electron chi connectivity index (χ1n) is 3.78. The van der Waals surface area contributed by atoms with Gasteiger partial charge in [0.15, 0.2) is 0 Å². The van der Waals surface area contributed by atoms with Gasteiger partial charge in [-0.25, -0.2) is 0 Å². The van der Waals surface area contributed by atoms with Crippen LogP contribution in [0.1, 0.15) is 5.56 Å². The Bertz CT molecular complexity index is 242. The molecule has 0 unspecified atom stereocenters. The van der Waals surface area contributed by atoms with Crippen LogP contribution in [-0.4, -0.2) is 13.1 Å². The quantitative estimate of drug-likeness (QED) is 0.824. The highest BCUT2D eigenvalue weighted by Gasteiger charge is 2.17. The van der Waals surface area contributed by atoms with Gasteiger partial charge in [0.25, 0.3) is 0 Å². The Kier molecular flexibility index (Phi) is 2.30. The second kappa shape index (κ2) is 3.25. The van der Waals surface area contributed by atoms with Crippen LogP contribution in [-0.2, 0) is 6.42 Å². The Morgan fingerprint density at radius 2 is 2.45 bits per heavy atom. The van der Waals surface area contributed by atoms with Crippen molar-refractivity contribution < 1.29 is 0 Å². The molecule has 0 amide bonds. The highest BCUT2D eigenvalue weighted by Crippen LogP contribution is 2.23. The van der Waals surface area contributed by atoms with E-state index in [1.165, 1.54) is 28.9 Å². The van der Waals surface area contributed by atoms with Crippen molar-refractivity contribution in [2.24, 2.45) is 5.92 Å². The highest BCUT2D eigenvalue weighted by molar-refractivity contribution is 9.11. The lowest BCUT2D eigenvalue weighted by atomic mass is 9.96. The third kappa shape index (κ3) is 1.83. The fourth-order valence-corrected chi connectivity index (χ4v) is 2.50. The van der Waals surface area contributed by atoms with Crippen molar-refractivity contribution in [3.05, 3.63) is 20.8 Å². The van der Waals surface area contributed by atoms with Gasteiger partial charge in [0.2, 0.25) is 0 Å². The van der Waals surface area contributed by atoms with Gasteiger partial charge < -0.3 is 5.32 Å². The molecule has 1 aliphatic rings. The zero-order valence-corrected chi connectivity index (χ0v) is 8.54. The smallest absolute Gasteiger partial charge is 0.0701 e. The van der Waals surface area contributed by atoms with Crippen LogP contribution in [0, 0.1) is 5.92 Å². The average Bonchev–Trinajstić information content (AvgIpc) is 2.27. The number of halogens is 1. The van der Waals surface area contributed by atoms with Crippen LogP contribution in [0.25, 0.3) is 0 Å². The molecule has 1 aromatic rings. The molecule has 0 saturated carbocycles. The number of hydrogen-bond donors (Lipinski definition) is 1. The molecule has 0 radical (unpaired) electrons. The fourth-order valence-electron chi connectivity index (χ4n) is 1.28. The van der Waals surface area contributed by atoms with E-state index in [1.807, 2.05) is 0 Å². The molecule has 1 fully saturated rings. The minimum absolute atomic E-state index is 0.886. The second-order valence-corrected chi connectivity index (χ2v) is 5.28. The van der Waals surface area contributed by atoms with E-state index in [2.05, 4.69) is 32.7 Å². The zero-order chi connectivity index (χ0) is 7.68. The van der Waals surface area contributed by atoms with E-state index in [0.29, 0.717) is 0 Å². The van der Waals surface area contributed by atoms with Crippen LogP contribution in [0.4, 0.5) is 0 Å². The molecule has 60 valence electrons. The zero-order valence-electron chi connectivity index (χ0n) is 6.14. The van der Waals surface area contributed by atoms with E-state index in [-0.39, 0.29) is 0 Å². The molecule has 1 aromatic heterocycles. The molecule has 0 spiro atoms. The van der Waals surface area contributed by atoms with Crippen LogP contribution < -0.4 is 5.32 Å². The maximum Gasteiger partial charge on any atom is 0.0701 e. The van der Waals surface area contributed by atoms with E-state index in [0.717, 1.165) is 5.92 Å². The molecular formula is C8H10BrNS. The van der Waals surface area contributed by atoms with Gasteiger partial charge in [-0.3, -0.25) is 0 Å². The number of nitrogens with one attached hydrogen (secondary N) is 1. The molecule has 0 atom stereocenters. The van der Waals surface area contributed by atoms with Crippen molar-refractivity contribution in [3.63, 3.8) is 0 Å². The van der Waals surface area contributed by atoms with Crippen LogP contribution in [0.3, 0.4) is 0 Å². The van der Waals surface area contributed by atoms with Crippen molar-refractivity contribution in [2.75, 3.05) is 13.1 Å². The van der Waals surface area contributed by atoms with Gasteiger partial charge in [0.1, 0.15) is 0 Å². The molecule has 2 heterocycles. The topological polar surface area (TPSA) is 12.0 Å². The van der Waals surface area contributed by atoms with Crippen LogP contribution >= 0.6 is 27.3 Å². The predicted molar refractivity (Wildman–Crippen MR) is 52.1 cm³/mol. The summed E-state index contributed by atoms with van der Waals surface area (Å²) in [5, 5.41) is 5.52. The Morgan fingerprint density at radius 1 is 1.64 bits per heavy atom. The summed E-state index contributed by atoms with van der Waals surface area (Å²) in [6.45, 7) is 2.40. The Morgan fingerprint density at radius 3 is 2.91 bits per heavy atom. The van der Waals surface area contributed by atoms with Crippen LogP contribution in [0.5, 0.6) is 0 Å². The maximum atomic E-state index is 3.46. The third-order valence-electron chi connectivity index (χ3n) is 2.01. The van der Waals surface area contributed by atoms with Crippen LogP contribution in [0.2, 0.25) is 0 Å². The largest absolute Gasteiger partial charge is 0.316 e. The molecule has 0 bridgehead atoms. The first-order valence-corrected chi connectivity index (χ1v) is 5.45. The van der Waals surface area contributed by atoms with Gasteiger partial charge in [-0.05, 0) is 58.4 Å². The van der Waals surface area contributed by atoms with Gasteiger partial charge in [-0.15, -0.1) is 11.3 Å². The Hall–Kier alpha value is 0.140. The normalized spacial score (nSPS) is 18.3. The van der Waals surface area contributed by atoms with Crippen molar-refractivity contribution in [1.82, 2.24) is 5.32 Å². The lowest BCUT2D eigenvalue weighted by Gasteiger charge is -2.26. The maximum absolute atomic E-state index is 3.46. The van der Waals surface area contributed by atoms with E-state index < -0.39 is 0 Å². The van der Waals surface area contributed by atoms with Crippen molar-refractivity contribution in [3.8, 4) is 0 Å². The monoisotopic (exact) mass is 231 g/mol. The number of hydrogen-bond acceptors (Lipinski definition) is 2. The molecular weight excluding hydrogens is 222 g/mol. The molecule has 0 aromatic carbocycles. The summed E-state index contributed by atoms with van der Waals surface area (Å²) in [4.78, 5) is 0. The minimum atomic E-state index is 0.886. The summed E-state index contributed by atoms with van der Waals surface area (Å²) in [5.41, 5.74) is 1.48. The van der Waals surface area contributed by atoms with Gasteiger partial charge in [-0.2, -0.15) is 0 Å². The number of rotatable bonds is 2. The van der Waals surface area contributed by atoms with Crippen molar-refractivity contribution in [1.29, 1.82) is 0 Å². The fraction of sp³-hybridized carbons (Fsp3) is 0.500. The highest BCUT2D eigenvalue weighted by atomic mass is 79.9. The van der Waals surface area contributed by atoms with Gasteiger partial charge in [-0.1, -0.05) is 0 Å². The Balaban J connectivity index is 1.95. The minimum Gasteiger partial charge on any atom is -0.316 e. The molecule has 11 heavy (non-hydrogen) atoms. The molecule has 3 heteroatoms. The molecule has 0 aliphatic carbocycles. The lowest BCUT2D eigenvalue weighted by Crippen LogP contribution is -2.42. The van der Waals surface area contributed by atoms with Gasteiger partial charge >= 0.3 is 0 Å². The predicted octanol–water partition coefficient (Wildman–Crippen LogP) is 2.27. The van der Waals surface area contributed by atoms with Gasteiger partial charge in [0.05, 0.1) is 3.79 Å². The average molecular weight is 232 g/mol. The van der Waals surface area contributed by atoms with E-state index in [1.54, 1.807) is 11.3 Å². The van der Waals surface area contributed by atoms with E-state index in [4.69, 9.17) is 0 Å². The summed E-state index contributed by atoms with van der Waals surface area (Å²) in [7, 11) is 0. The standard InChI is InChI=1S/C8H10BrNS/c9-8-2-6(5-11-8)1-7-3-10-4-7/h2,5,7,10H,1,3-4H2. The van der Waals surface area contributed by atoms with Gasteiger partial charge in [0, 0.05) is 0 Å². The third-order valence-corrected chi connectivity index (χ3v) is 3.57. The second-order valence-electron chi connectivity index (χ2n) is 2.99. The molecule has 2 rings (SSSR count). The van der Waals surface area contributed by atoms with E-state index >= 15 is 0 Å².